The van der Waals surface area contributed by atoms with Gasteiger partial charge >= 0.3 is 0 Å². The van der Waals surface area contributed by atoms with Crippen LogP contribution in [0.1, 0.15) is 18.3 Å². The Balaban J connectivity index is 2.36. The molecule has 2 rings (SSSR count). The van der Waals surface area contributed by atoms with E-state index in [-0.39, 0.29) is 11.8 Å². The first-order valence-corrected chi connectivity index (χ1v) is 5.52. The zero-order valence-electron chi connectivity index (χ0n) is 10.1. The molecule has 18 heavy (non-hydrogen) atoms. The van der Waals surface area contributed by atoms with Gasteiger partial charge in [-0.1, -0.05) is 6.92 Å². The van der Waals surface area contributed by atoms with Gasteiger partial charge in [-0.15, -0.1) is 0 Å². The van der Waals surface area contributed by atoms with Gasteiger partial charge in [-0.3, -0.25) is 4.98 Å². The molecule has 94 valence electrons. The third-order valence-electron chi connectivity index (χ3n) is 2.34. The molecular formula is C12H13FN4O. The highest BCUT2D eigenvalue weighted by atomic mass is 19.1. The van der Waals surface area contributed by atoms with Crippen molar-refractivity contribution in [3.8, 4) is 11.6 Å². The fraction of sp³-hybridized carbons (Fsp3) is 0.250. The smallest absolute Gasteiger partial charge is 0.260 e. The van der Waals surface area contributed by atoms with Crippen molar-refractivity contribution in [1.29, 1.82) is 0 Å². The fourth-order valence-electron chi connectivity index (χ4n) is 1.48. The standard InChI is InChI=1S/C12H13FN4O/c1-3-9-10(5-4-7(2)16-9)18-11-8(13)6-15-12(14)17-11/h4-6H,3H2,1-2H3,(H2,14,15,17). The molecule has 0 aliphatic carbocycles. The number of hydrogen-bond acceptors (Lipinski definition) is 5. The lowest BCUT2D eigenvalue weighted by Crippen LogP contribution is -2.02. The molecule has 2 N–H and O–H groups in total. The lowest BCUT2D eigenvalue weighted by molar-refractivity contribution is 0.415. The quantitative estimate of drug-likeness (QED) is 0.901. The van der Waals surface area contributed by atoms with E-state index in [0.717, 1.165) is 17.6 Å². The molecule has 0 unspecified atom stereocenters. The average Bonchev–Trinajstić information content (AvgIpc) is 2.36. The summed E-state index contributed by atoms with van der Waals surface area (Å²) in [5, 5.41) is 0. The summed E-state index contributed by atoms with van der Waals surface area (Å²) in [6.45, 7) is 3.82. The molecule has 0 aliphatic rings. The third kappa shape index (κ3) is 2.53. The molecule has 0 atom stereocenters. The van der Waals surface area contributed by atoms with Crippen LogP contribution in [0.25, 0.3) is 0 Å². The predicted molar refractivity (Wildman–Crippen MR) is 64.8 cm³/mol. The first kappa shape index (κ1) is 12.2. The first-order valence-electron chi connectivity index (χ1n) is 5.52. The zero-order chi connectivity index (χ0) is 13.1. The van der Waals surface area contributed by atoms with Gasteiger partial charge in [0.05, 0.1) is 11.9 Å². The highest BCUT2D eigenvalue weighted by Gasteiger charge is 2.11. The molecule has 0 saturated heterocycles. The summed E-state index contributed by atoms with van der Waals surface area (Å²) in [6, 6.07) is 3.52. The molecule has 0 radical (unpaired) electrons. The number of pyridine rings is 1. The van der Waals surface area contributed by atoms with Crippen molar-refractivity contribution in [2.75, 3.05) is 5.73 Å². The van der Waals surface area contributed by atoms with Gasteiger partial charge in [0, 0.05) is 5.69 Å². The second-order valence-electron chi connectivity index (χ2n) is 3.73. The molecule has 5 nitrogen and oxygen atoms in total. The molecule has 2 aromatic heterocycles. The molecular weight excluding hydrogens is 235 g/mol. The van der Waals surface area contributed by atoms with Gasteiger partial charge in [-0.25, -0.2) is 4.98 Å². The summed E-state index contributed by atoms with van der Waals surface area (Å²) in [5.41, 5.74) is 7.01. The summed E-state index contributed by atoms with van der Waals surface area (Å²) < 4.78 is 18.8. The minimum absolute atomic E-state index is 0.0375. The lowest BCUT2D eigenvalue weighted by Gasteiger charge is -2.09. The van der Waals surface area contributed by atoms with Crippen LogP contribution in [0.4, 0.5) is 10.3 Å². The van der Waals surface area contributed by atoms with Crippen LogP contribution in [-0.4, -0.2) is 15.0 Å². The predicted octanol–water partition coefficient (Wildman–Crippen LogP) is 2.26. The van der Waals surface area contributed by atoms with Crippen LogP contribution in [0.3, 0.4) is 0 Å². The molecule has 0 spiro atoms. The van der Waals surface area contributed by atoms with Crippen molar-refractivity contribution < 1.29 is 9.13 Å². The Morgan fingerprint density at radius 2 is 2.11 bits per heavy atom. The Bertz CT molecular complexity index is 574. The van der Waals surface area contributed by atoms with Gasteiger partial charge in [-0.2, -0.15) is 9.37 Å². The van der Waals surface area contributed by atoms with Gasteiger partial charge in [0.1, 0.15) is 0 Å². The summed E-state index contributed by atoms with van der Waals surface area (Å²) >= 11 is 0. The number of ether oxygens (including phenoxy) is 1. The topological polar surface area (TPSA) is 73.9 Å². The molecule has 0 aliphatic heterocycles. The maximum Gasteiger partial charge on any atom is 0.260 e. The van der Waals surface area contributed by atoms with E-state index in [9.17, 15) is 4.39 Å². The van der Waals surface area contributed by atoms with E-state index in [1.165, 1.54) is 0 Å². The van der Waals surface area contributed by atoms with Crippen molar-refractivity contribution in [2.24, 2.45) is 0 Å². The van der Waals surface area contributed by atoms with E-state index >= 15 is 0 Å². The molecule has 0 aromatic carbocycles. The van der Waals surface area contributed by atoms with Gasteiger partial charge in [-0.05, 0) is 25.5 Å². The maximum atomic E-state index is 13.4. The molecule has 2 heterocycles. The number of anilines is 1. The molecule has 0 saturated carbocycles. The lowest BCUT2D eigenvalue weighted by atomic mass is 10.2. The molecule has 0 bridgehead atoms. The van der Waals surface area contributed by atoms with E-state index in [4.69, 9.17) is 10.5 Å². The Kier molecular flexibility index (Phi) is 3.36. The molecule has 2 aromatic rings. The number of nitrogens with zero attached hydrogens (tertiary/aromatic N) is 3. The average molecular weight is 248 g/mol. The highest BCUT2D eigenvalue weighted by molar-refractivity contribution is 5.34. The van der Waals surface area contributed by atoms with Crippen LogP contribution >= 0.6 is 0 Å². The van der Waals surface area contributed by atoms with Crippen LogP contribution in [0.5, 0.6) is 11.6 Å². The maximum absolute atomic E-state index is 13.4. The highest BCUT2D eigenvalue weighted by Crippen LogP contribution is 2.25. The van der Waals surface area contributed by atoms with E-state index in [1.807, 2.05) is 13.8 Å². The van der Waals surface area contributed by atoms with Crippen LogP contribution in [-0.2, 0) is 6.42 Å². The first-order chi connectivity index (χ1) is 8.60. The van der Waals surface area contributed by atoms with Crippen molar-refractivity contribution in [1.82, 2.24) is 15.0 Å². The van der Waals surface area contributed by atoms with Crippen LogP contribution < -0.4 is 10.5 Å². The number of halogens is 1. The van der Waals surface area contributed by atoms with E-state index in [1.54, 1.807) is 12.1 Å². The zero-order valence-corrected chi connectivity index (χ0v) is 10.1. The Morgan fingerprint density at radius 3 is 2.83 bits per heavy atom. The van der Waals surface area contributed by atoms with E-state index in [2.05, 4.69) is 15.0 Å². The summed E-state index contributed by atoms with van der Waals surface area (Å²) in [7, 11) is 0. The number of nitrogens with two attached hydrogens (primary N) is 1. The van der Waals surface area contributed by atoms with E-state index < -0.39 is 5.82 Å². The molecule has 0 amide bonds. The van der Waals surface area contributed by atoms with Crippen LogP contribution in [0, 0.1) is 12.7 Å². The number of hydrogen-bond donors (Lipinski definition) is 1. The van der Waals surface area contributed by atoms with Crippen molar-refractivity contribution in [3.05, 3.63) is 35.5 Å². The number of nitrogen functional groups attached to an aromatic ring is 1. The summed E-state index contributed by atoms with van der Waals surface area (Å²) in [4.78, 5) is 11.6. The summed E-state index contributed by atoms with van der Waals surface area (Å²) in [5.74, 6) is -0.417. The minimum atomic E-state index is -0.660. The van der Waals surface area contributed by atoms with Crippen LogP contribution in [0.15, 0.2) is 18.3 Å². The summed E-state index contributed by atoms with van der Waals surface area (Å²) in [6.07, 6.45) is 1.66. The normalized spacial score (nSPS) is 10.4. The van der Waals surface area contributed by atoms with Gasteiger partial charge < -0.3 is 10.5 Å². The number of aryl methyl sites for hydroxylation is 2. The Hall–Kier alpha value is -2.24. The third-order valence-corrected chi connectivity index (χ3v) is 2.34. The fourth-order valence-corrected chi connectivity index (χ4v) is 1.48. The largest absolute Gasteiger partial charge is 0.434 e. The van der Waals surface area contributed by atoms with Gasteiger partial charge in [0.2, 0.25) is 11.8 Å². The van der Waals surface area contributed by atoms with Crippen molar-refractivity contribution in [2.45, 2.75) is 20.3 Å². The Morgan fingerprint density at radius 1 is 1.33 bits per heavy atom. The second-order valence-corrected chi connectivity index (χ2v) is 3.73. The van der Waals surface area contributed by atoms with E-state index in [0.29, 0.717) is 12.2 Å². The van der Waals surface area contributed by atoms with Crippen LogP contribution in [0.2, 0.25) is 0 Å². The molecule has 6 heteroatoms. The van der Waals surface area contributed by atoms with Gasteiger partial charge in [0.15, 0.2) is 5.75 Å². The Labute approximate surface area is 104 Å². The SMILES string of the molecule is CCc1nc(C)ccc1Oc1nc(N)ncc1F. The molecule has 0 fully saturated rings. The number of rotatable bonds is 3. The van der Waals surface area contributed by atoms with Gasteiger partial charge in [0.25, 0.3) is 5.88 Å². The van der Waals surface area contributed by atoms with Crippen molar-refractivity contribution in [3.63, 3.8) is 0 Å². The monoisotopic (exact) mass is 248 g/mol. The minimum Gasteiger partial charge on any atom is -0.434 e. The van der Waals surface area contributed by atoms with Crippen molar-refractivity contribution >= 4 is 5.95 Å². The number of aromatic nitrogens is 3. The second kappa shape index (κ2) is 4.95.